The second-order valence-electron chi connectivity index (χ2n) is 5.42. The monoisotopic (exact) mass is 287 g/mol. The third-order valence-electron chi connectivity index (χ3n) is 4.05. The predicted molar refractivity (Wildman–Crippen MR) is 78.0 cm³/mol. The van der Waals surface area contributed by atoms with Gasteiger partial charge in [-0.05, 0) is 18.9 Å². The molecule has 1 fully saturated rings. The number of aromatic amines is 1. The first-order chi connectivity index (χ1) is 10.2. The molecular weight excluding hydrogens is 270 g/mol. The average Bonchev–Trinajstić information content (AvgIpc) is 2.91. The van der Waals surface area contributed by atoms with Crippen molar-refractivity contribution in [2.75, 3.05) is 6.54 Å². The fourth-order valence-electron chi connectivity index (χ4n) is 2.85. The van der Waals surface area contributed by atoms with Crippen LogP contribution in [0.4, 0.5) is 0 Å². The number of carbonyl (C=O) groups is 1. The van der Waals surface area contributed by atoms with Crippen LogP contribution in [-0.4, -0.2) is 33.9 Å². The smallest absolute Gasteiger partial charge is 0.272 e. The molecule has 1 aliphatic rings. The summed E-state index contributed by atoms with van der Waals surface area (Å²) in [6, 6.07) is 6.87. The zero-order valence-corrected chi connectivity index (χ0v) is 11.5. The Morgan fingerprint density at radius 2 is 2.10 bits per heavy atom. The van der Waals surface area contributed by atoms with E-state index < -0.39 is 0 Å². The Morgan fingerprint density at radius 1 is 1.33 bits per heavy atom. The van der Waals surface area contributed by atoms with Gasteiger partial charge in [-0.1, -0.05) is 24.6 Å². The lowest BCUT2D eigenvalue weighted by molar-refractivity contribution is 0.0913. The van der Waals surface area contributed by atoms with E-state index in [-0.39, 0.29) is 29.2 Å². The third-order valence-corrected chi connectivity index (χ3v) is 4.05. The number of H-pyrrole nitrogens is 1. The van der Waals surface area contributed by atoms with Gasteiger partial charge in [0.25, 0.3) is 11.5 Å². The normalized spacial score (nSPS) is 21.6. The first-order valence-electron chi connectivity index (χ1n) is 7.10. The lowest BCUT2D eigenvalue weighted by Gasteiger charge is -2.15. The number of hydrogen-bond acceptors (Lipinski definition) is 4. The summed E-state index contributed by atoms with van der Waals surface area (Å²) in [5.74, 6) is -0.232. The van der Waals surface area contributed by atoms with E-state index in [9.17, 15) is 14.7 Å². The van der Waals surface area contributed by atoms with E-state index in [2.05, 4.69) is 15.5 Å². The second-order valence-corrected chi connectivity index (χ2v) is 5.42. The molecule has 2 unspecified atom stereocenters. The molecule has 110 valence electrons. The van der Waals surface area contributed by atoms with E-state index in [4.69, 9.17) is 0 Å². The fourth-order valence-corrected chi connectivity index (χ4v) is 2.85. The maximum atomic E-state index is 12.3. The minimum Gasteiger partial charge on any atom is -0.393 e. The number of hydrogen-bond donors (Lipinski definition) is 3. The zero-order valence-electron chi connectivity index (χ0n) is 11.5. The van der Waals surface area contributed by atoms with Crippen LogP contribution < -0.4 is 10.9 Å². The molecule has 0 aliphatic heterocycles. The Bertz CT molecular complexity index is 725. The Hall–Kier alpha value is -2.21. The lowest BCUT2D eigenvalue weighted by atomic mass is 10.1. The zero-order chi connectivity index (χ0) is 14.8. The van der Waals surface area contributed by atoms with Crippen LogP contribution in [0.15, 0.2) is 29.1 Å². The van der Waals surface area contributed by atoms with Crippen molar-refractivity contribution in [2.45, 2.75) is 25.4 Å². The van der Waals surface area contributed by atoms with Gasteiger partial charge in [0, 0.05) is 17.8 Å². The van der Waals surface area contributed by atoms with E-state index in [0.717, 1.165) is 19.3 Å². The lowest BCUT2D eigenvalue weighted by Crippen LogP contribution is -2.33. The summed E-state index contributed by atoms with van der Waals surface area (Å²) < 4.78 is 0. The Labute approximate surface area is 121 Å². The van der Waals surface area contributed by atoms with Gasteiger partial charge < -0.3 is 10.4 Å². The van der Waals surface area contributed by atoms with Gasteiger partial charge in [0.15, 0.2) is 5.69 Å². The minimum absolute atomic E-state index is 0.1000. The van der Waals surface area contributed by atoms with E-state index in [1.165, 1.54) is 0 Å². The van der Waals surface area contributed by atoms with E-state index in [1.54, 1.807) is 24.3 Å². The van der Waals surface area contributed by atoms with Crippen LogP contribution in [0.2, 0.25) is 0 Å². The molecule has 3 rings (SSSR count). The van der Waals surface area contributed by atoms with Crippen LogP contribution >= 0.6 is 0 Å². The van der Waals surface area contributed by atoms with Crippen molar-refractivity contribution in [1.29, 1.82) is 0 Å². The largest absolute Gasteiger partial charge is 0.393 e. The molecule has 3 N–H and O–H groups in total. The summed E-state index contributed by atoms with van der Waals surface area (Å²) in [6.07, 6.45) is 2.36. The molecule has 0 saturated heterocycles. The molecule has 0 spiro atoms. The second kappa shape index (κ2) is 5.65. The fraction of sp³-hybridized carbons (Fsp3) is 0.400. The molecular formula is C15H17N3O3. The number of nitrogens with zero attached hydrogens (tertiary/aromatic N) is 1. The highest BCUT2D eigenvalue weighted by Gasteiger charge is 2.26. The number of benzene rings is 1. The number of amides is 1. The van der Waals surface area contributed by atoms with Gasteiger partial charge in [0.1, 0.15) is 0 Å². The van der Waals surface area contributed by atoms with Crippen LogP contribution in [0.3, 0.4) is 0 Å². The quantitative estimate of drug-likeness (QED) is 0.778. The Balaban J connectivity index is 1.82. The molecule has 6 nitrogen and oxygen atoms in total. The van der Waals surface area contributed by atoms with Gasteiger partial charge in [-0.2, -0.15) is 5.10 Å². The van der Waals surface area contributed by atoms with E-state index >= 15 is 0 Å². The first-order valence-corrected chi connectivity index (χ1v) is 7.10. The number of carbonyl (C=O) groups excluding carboxylic acids is 1. The summed E-state index contributed by atoms with van der Waals surface area (Å²) in [7, 11) is 0. The summed E-state index contributed by atoms with van der Waals surface area (Å²) in [5, 5.41) is 19.7. The Morgan fingerprint density at radius 3 is 2.81 bits per heavy atom. The molecule has 21 heavy (non-hydrogen) atoms. The van der Waals surface area contributed by atoms with Crippen molar-refractivity contribution >= 4 is 16.7 Å². The van der Waals surface area contributed by atoms with E-state index in [0.29, 0.717) is 17.3 Å². The van der Waals surface area contributed by atoms with Crippen molar-refractivity contribution < 1.29 is 9.90 Å². The molecule has 1 amide bonds. The van der Waals surface area contributed by atoms with Gasteiger partial charge in [-0.25, -0.2) is 5.10 Å². The summed E-state index contributed by atoms with van der Waals surface area (Å²) >= 11 is 0. The SMILES string of the molecule is O=C(NCC1CCCC1O)c1n[nH]c(=O)c2ccccc12. The molecule has 1 aliphatic carbocycles. The Kier molecular flexibility index (Phi) is 3.70. The first kappa shape index (κ1) is 13.8. The van der Waals surface area contributed by atoms with Crippen molar-refractivity contribution in [1.82, 2.24) is 15.5 Å². The number of nitrogens with one attached hydrogen (secondary N) is 2. The molecule has 2 atom stereocenters. The molecule has 1 heterocycles. The minimum atomic E-state index is -0.342. The molecule has 1 aromatic heterocycles. The number of aromatic nitrogens is 2. The van der Waals surface area contributed by atoms with Crippen LogP contribution in [0.25, 0.3) is 10.8 Å². The van der Waals surface area contributed by atoms with Gasteiger partial charge in [0.05, 0.1) is 11.5 Å². The maximum absolute atomic E-state index is 12.3. The third kappa shape index (κ3) is 2.67. The van der Waals surface area contributed by atoms with Gasteiger partial charge in [-0.15, -0.1) is 0 Å². The predicted octanol–water partition coefficient (Wildman–Crippen LogP) is 0.814. The van der Waals surface area contributed by atoms with Crippen molar-refractivity contribution in [3.05, 3.63) is 40.3 Å². The maximum Gasteiger partial charge on any atom is 0.272 e. The highest BCUT2D eigenvalue weighted by molar-refractivity contribution is 6.04. The number of aliphatic hydroxyl groups is 1. The van der Waals surface area contributed by atoms with Gasteiger partial charge in [0.2, 0.25) is 0 Å². The molecule has 6 heteroatoms. The van der Waals surface area contributed by atoms with Crippen LogP contribution in [0.1, 0.15) is 29.8 Å². The molecule has 1 aromatic carbocycles. The van der Waals surface area contributed by atoms with Crippen molar-refractivity contribution in [2.24, 2.45) is 5.92 Å². The molecule has 1 saturated carbocycles. The topological polar surface area (TPSA) is 95.1 Å². The number of aliphatic hydroxyl groups excluding tert-OH is 1. The highest BCUT2D eigenvalue weighted by atomic mass is 16.3. The summed E-state index contributed by atoms with van der Waals surface area (Å²) in [4.78, 5) is 23.9. The molecule has 2 aromatic rings. The molecule has 0 bridgehead atoms. The van der Waals surface area contributed by atoms with Gasteiger partial charge in [-0.3, -0.25) is 9.59 Å². The average molecular weight is 287 g/mol. The summed E-state index contributed by atoms with van der Waals surface area (Å²) in [6.45, 7) is 0.426. The van der Waals surface area contributed by atoms with Crippen molar-refractivity contribution in [3.63, 3.8) is 0 Å². The van der Waals surface area contributed by atoms with Crippen molar-refractivity contribution in [3.8, 4) is 0 Å². The number of fused-ring (bicyclic) bond motifs is 1. The van der Waals surface area contributed by atoms with Crippen LogP contribution in [0.5, 0.6) is 0 Å². The van der Waals surface area contributed by atoms with Gasteiger partial charge >= 0.3 is 0 Å². The molecule has 0 radical (unpaired) electrons. The van der Waals surface area contributed by atoms with E-state index in [1.807, 2.05) is 0 Å². The standard InChI is InChI=1S/C15H17N3O3/c19-12-7-3-4-9(12)8-16-15(21)13-10-5-1-2-6-11(10)14(20)18-17-13/h1-2,5-6,9,12,19H,3-4,7-8H2,(H,16,21)(H,18,20). The highest BCUT2D eigenvalue weighted by Crippen LogP contribution is 2.24. The number of rotatable bonds is 3. The van der Waals surface area contributed by atoms with Crippen LogP contribution in [0, 0.1) is 5.92 Å². The van der Waals surface area contributed by atoms with Crippen LogP contribution in [-0.2, 0) is 0 Å². The summed E-state index contributed by atoms with van der Waals surface area (Å²) in [5.41, 5.74) is -0.106.